The van der Waals surface area contributed by atoms with E-state index in [4.69, 9.17) is 13.9 Å². The number of carboxylic acids is 1. The Kier molecular flexibility index (Phi) is 5.78. The molecule has 0 aliphatic carbocycles. The summed E-state index contributed by atoms with van der Waals surface area (Å²) in [6.45, 7) is 3.99. The zero-order valence-electron chi connectivity index (χ0n) is 12.1. The summed E-state index contributed by atoms with van der Waals surface area (Å²) in [6.07, 6.45) is 2.14. The number of furan rings is 1. The number of benzene rings is 1. The summed E-state index contributed by atoms with van der Waals surface area (Å²) in [5.41, 5.74) is 1.14. The first kappa shape index (κ1) is 15.5. The molecule has 5 nitrogen and oxygen atoms in total. The molecule has 0 spiro atoms. The minimum absolute atomic E-state index is 0.0527. The van der Waals surface area contributed by atoms with Crippen LogP contribution in [0.25, 0.3) is 11.0 Å². The van der Waals surface area contributed by atoms with Crippen molar-refractivity contribution in [1.82, 2.24) is 0 Å². The van der Waals surface area contributed by atoms with Crippen LogP contribution in [0.4, 0.5) is 0 Å². The van der Waals surface area contributed by atoms with E-state index in [1.54, 1.807) is 6.07 Å². The fraction of sp³-hybridized carbons (Fsp3) is 0.438. The number of ether oxygens (including phenoxy) is 2. The summed E-state index contributed by atoms with van der Waals surface area (Å²) in [7, 11) is 0. The van der Waals surface area contributed by atoms with Crippen molar-refractivity contribution in [3.05, 3.63) is 35.6 Å². The molecule has 2 rings (SSSR count). The predicted octanol–water partition coefficient (Wildman–Crippen LogP) is 3.46. The topological polar surface area (TPSA) is 68.9 Å². The Labute approximate surface area is 123 Å². The lowest BCUT2D eigenvalue weighted by atomic mass is 10.1. The smallest absolute Gasteiger partial charge is 0.372 e. The molecule has 5 heteroatoms. The van der Waals surface area contributed by atoms with Gasteiger partial charge in [-0.1, -0.05) is 31.5 Å². The highest BCUT2D eigenvalue weighted by Crippen LogP contribution is 2.26. The van der Waals surface area contributed by atoms with Gasteiger partial charge in [0.1, 0.15) is 5.58 Å². The molecule has 0 bridgehead atoms. The van der Waals surface area contributed by atoms with Gasteiger partial charge in [0.15, 0.2) is 0 Å². The second kappa shape index (κ2) is 7.81. The zero-order valence-corrected chi connectivity index (χ0v) is 12.1. The minimum atomic E-state index is -1.08. The third-order valence-corrected chi connectivity index (χ3v) is 3.15. The first-order valence-electron chi connectivity index (χ1n) is 7.13. The molecule has 2 aromatic rings. The van der Waals surface area contributed by atoms with Crippen LogP contribution >= 0.6 is 0 Å². The highest BCUT2D eigenvalue weighted by atomic mass is 16.5. The van der Waals surface area contributed by atoms with E-state index in [0.29, 0.717) is 24.4 Å². The van der Waals surface area contributed by atoms with Gasteiger partial charge in [0.25, 0.3) is 0 Å². The van der Waals surface area contributed by atoms with Crippen molar-refractivity contribution in [2.45, 2.75) is 26.4 Å². The Bertz CT molecular complexity index is 587. The molecular weight excluding hydrogens is 272 g/mol. The van der Waals surface area contributed by atoms with Crippen molar-refractivity contribution in [2.75, 3.05) is 19.8 Å². The SMILES string of the molecule is CCCCOCCOCc1c(C(=O)O)oc2ccccc12. The molecule has 0 saturated heterocycles. The molecule has 0 fully saturated rings. The van der Waals surface area contributed by atoms with Crippen molar-refractivity contribution in [1.29, 1.82) is 0 Å². The Morgan fingerprint density at radius 2 is 1.95 bits per heavy atom. The van der Waals surface area contributed by atoms with Gasteiger partial charge in [-0.2, -0.15) is 0 Å². The van der Waals surface area contributed by atoms with Crippen LogP contribution in [0.2, 0.25) is 0 Å². The summed E-state index contributed by atoms with van der Waals surface area (Å²) < 4.78 is 16.3. The normalized spacial score (nSPS) is 11.1. The van der Waals surface area contributed by atoms with Gasteiger partial charge in [-0.15, -0.1) is 0 Å². The molecule has 21 heavy (non-hydrogen) atoms. The molecule has 114 valence electrons. The van der Waals surface area contributed by atoms with Crippen molar-refractivity contribution >= 4 is 16.9 Å². The Morgan fingerprint density at radius 3 is 2.71 bits per heavy atom. The lowest BCUT2D eigenvalue weighted by Gasteiger charge is -2.05. The van der Waals surface area contributed by atoms with Crippen LogP contribution in [0.5, 0.6) is 0 Å². The highest BCUT2D eigenvalue weighted by molar-refractivity contribution is 5.94. The molecular formula is C16H20O5. The van der Waals surface area contributed by atoms with Gasteiger partial charge in [-0.3, -0.25) is 0 Å². The number of unbranched alkanes of at least 4 members (excludes halogenated alkanes) is 1. The first-order valence-corrected chi connectivity index (χ1v) is 7.13. The van der Waals surface area contributed by atoms with Gasteiger partial charge in [-0.25, -0.2) is 4.79 Å². The lowest BCUT2D eigenvalue weighted by Crippen LogP contribution is -2.07. The van der Waals surface area contributed by atoms with Gasteiger partial charge in [-0.05, 0) is 12.5 Å². The number of hydrogen-bond donors (Lipinski definition) is 1. The Morgan fingerprint density at radius 1 is 1.19 bits per heavy atom. The summed E-state index contributed by atoms with van der Waals surface area (Å²) >= 11 is 0. The fourth-order valence-electron chi connectivity index (χ4n) is 2.06. The van der Waals surface area contributed by atoms with E-state index < -0.39 is 5.97 Å². The Hall–Kier alpha value is -1.85. The van der Waals surface area contributed by atoms with Crippen molar-refractivity contribution in [3.63, 3.8) is 0 Å². The number of carbonyl (C=O) groups is 1. The number of para-hydroxylation sites is 1. The molecule has 0 unspecified atom stereocenters. The summed E-state index contributed by atoms with van der Waals surface area (Å²) in [6, 6.07) is 7.24. The molecule has 0 aliphatic heterocycles. The van der Waals surface area contributed by atoms with Gasteiger partial charge in [0.2, 0.25) is 5.76 Å². The van der Waals surface area contributed by atoms with Crippen LogP contribution in [0.15, 0.2) is 28.7 Å². The van der Waals surface area contributed by atoms with Crippen molar-refractivity contribution in [2.24, 2.45) is 0 Å². The molecule has 0 saturated carbocycles. The molecule has 1 heterocycles. The molecule has 1 N–H and O–H groups in total. The fourth-order valence-corrected chi connectivity index (χ4v) is 2.06. The summed E-state index contributed by atoms with van der Waals surface area (Å²) in [4.78, 5) is 11.2. The van der Waals surface area contributed by atoms with Crippen LogP contribution in [0.3, 0.4) is 0 Å². The van der Waals surface area contributed by atoms with E-state index in [9.17, 15) is 9.90 Å². The molecule has 0 atom stereocenters. The van der Waals surface area contributed by atoms with E-state index >= 15 is 0 Å². The van der Waals surface area contributed by atoms with Gasteiger partial charge in [0, 0.05) is 17.6 Å². The number of hydrogen-bond acceptors (Lipinski definition) is 4. The molecule has 0 amide bonds. The van der Waals surface area contributed by atoms with E-state index in [1.807, 2.05) is 18.2 Å². The minimum Gasteiger partial charge on any atom is -0.475 e. The molecule has 0 radical (unpaired) electrons. The second-order valence-corrected chi connectivity index (χ2v) is 4.73. The van der Waals surface area contributed by atoms with Gasteiger partial charge >= 0.3 is 5.97 Å². The average molecular weight is 292 g/mol. The quantitative estimate of drug-likeness (QED) is 0.717. The summed E-state index contributed by atoms with van der Waals surface area (Å²) in [5, 5.41) is 9.97. The zero-order chi connectivity index (χ0) is 15.1. The summed E-state index contributed by atoms with van der Waals surface area (Å²) in [5.74, 6) is -1.13. The number of carboxylic acid groups (broad SMARTS) is 1. The third-order valence-electron chi connectivity index (χ3n) is 3.15. The maximum atomic E-state index is 11.2. The van der Waals surface area contributed by atoms with E-state index in [-0.39, 0.29) is 12.4 Å². The number of aromatic carboxylic acids is 1. The molecule has 0 aliphatic rings. The maximum Gasteiger partial charge on any atom is 0.372 e. The van der Waals surface area contributed by atoms with E-state index in [0.717, 1.165) is 24.8 Å². The van der Waals surface area contributed by atoms with Crippen LogP contribution in [0.1, 0.15) is 35.9 Å². The maximum absolute atomic E-state index is 11.2. The van der Waals surface area contributed by atoms with E-state index in [2.05, 4.69) is 6.92 Å². The average Bonchev–Trinajstić information content (AvgIpc) is 2.85. The third kappa shape index (κ3) is 4.06. The lowest BCUT2D eigenvalue weighted by molar-refractivity contribution is 0.0388. The number of fused-ring (bicyclic) bond motifs is 1. The second-order valence-electron chi connectivity index (χ2n) is 4.73. The molecule has 1 aromatic carbocycles. The Balaban J connectivity index is 1.94. The van der Waals surface area contributed by atoms with Crippen LogP contribution in [-0.2, 0) is 16.1 Å². The van der Waals surface area contributed by atoms with Crippen molar-refractivity contribution in [3.8, 4) is 0 Å². The van der Waals surface area contributed by atoms with Gasteiger partial charge in [0.05, 0.1) is 19.8 Å². The first-order chi connectivity index (χ1) is 10.2. The van der Waals surface area contributed by atoms with E-state index in [1.165, 1.54) is 0 Å². The van der Waals surface area contributed by atoms with Crippen molar-refractivity contribution < 1.29 is 23.8 Å². The monoisotopic (exact) mass is 292 g/mol. The standard InChI is InChI=1S/C16H20O5/c1-2-3-8-19-9-10-20-11-13-12-6-4-5-7-14(12)21-15(13)16(17)18/h4-7H,2-3,8-11H2,1H3,(H,17,18). The largest absolute Gasteiger partial charge is 0.475 e. The molecule has 1 aromatic heterocycles. The van der Waals surface area contributed by atoms with Crippen LogP contribution < -0.4 is 0 Å². The van der Waals surface area contributed by atoms with Crippen LogP contribution in [-0.4, -0.2) is 30.9 Å². The van der Waals surface area contributed by atoms with Gasteiger partial charge < -0.3 is 19.0 Å². The predicted molar refractivity (Wildman–Crippen MR) is 78.6 cm³/mol. The van der Waals surface area contributed by atoms with Crippen LogP contribution in [0, 0.1) is 0 Å². The highest BCUT2D eigenvalue weighted by Gasteiger charge is 2.19. The number of rotatable bonds is 9.